The summed E-state index contributed by atoms with van der Waals surface area (Å²) < 4.78 is 11.2. The number of nitrogens with one attached hydrogen (secondary N) is 1. The summed E-state index contributed by atoms with van der Waals surface area (Å²) in [4.78, 5) is 4.30. The van der Waals surface area contributed by atoms with Crippen molar-refractivity contribution in [2.24, 2.45) is 0 Å². The molecule has 0 aliphatic heterocycles. The molecule has 1 heterocycles. The highest BCUT2D eigenvalue weighted by atomic mass is 32.2. The first kappa shape index (κ1) is 14.8. The number of nitrogens with two attached hydrogens (primary N) is 1. The molecule has 0 saturated carbocycles. The first-order valence-electron chi connectivity index (χ1n) is 6.69. The second-order valence-corrected chi connectivity index (χ2v) is 6.74. The molecule has 0 spiro atoms. The number of hydrogen-bond acceptors (Lipinski definition) is 4. The normalized spacial score (nSPS) is 14.2. The van der Waals surface area contributed by atoms with Gasteiger partial charge in [-0.1, -0.05) is 0 Å². The van der Waals surface area contributed by atoms with E-state index >= 15 is 0 Å². The number of fused-ring (bicyclic) bond motifs is 1. The van der Waals surface area contributed by atoms with Gasteiger partial charge in [0.05, 0.1) is 0 Å². The predicted octanol–water partition coefficient (Wildman–Crippen LogP) is 2.69. The summed E-state index contributed by atoms with van der Waals surface area (Å²) in [5, 5.41) is 5.53. The lowest BCUT2D eigenvalue weighted by atomic mass is 10.1. The summed E-state index contributed by atoms with van der Waals surface area (Å²) in [6.45, 7) is 4.07. The summed E-state index contributed by atoms with van der Waals surface area (Å²) >= 11 is 0. The second-order valence-electron chi connectivity index (χ2n) is 5.18. The van der Waals surface area contributed by atoms with Crippen LogP contribution in [0.2, 0.25) is 0 Å². The van der Waals surface area contributed by atoms with Crippen LogP contribution in [0.25, 0.3) is 10.8 Å². The molecule has 5 heteroatoms. The van der Waals surface area contributed by atoms with Gasteiger partial charge in [-0.25, -0.2) is 0 Å². The maximum atomic E-state index is 11.2. The van der Waals surface area contributed by atoms with Crippen molar-refractivity contribution < 1.29 is 4.21 Å². The molecular formula is C15H21N3OS. The van der Waals surface area contributed by atoms with Gasteiger partial charge in [-0.3, -0.25) is 9.19 Å². The van der Waals surface area contributed by atoms with Crippen molar-refractivity contribution in [1.29, 1.82) is 0 Å². The van der Waals surface area contributed by atoms with Crippen molar-refractivity contribution in [3.63, 3.8) is 0 Å². The summed E-state index contributed by atoms with van der Waals surface area (Å²) in [6.07, 6.45) is 4.43. The smallest absolute Gasteiger partial charge is 0.0424 e. The minimum atomic E-state index is -0.749. The number of pyridine rings is 1. The number of rotatable bonds is 5. The van der Waals surface area contributed by atoms with Gasteiger partial charge in [0, 0.05) is 62.9 Å². The van der Waals surface area contributed by atoms with E-state index in [1.54, 1.807) is 6.26 Å². The molecule has 0 aliphatic rings. The molecule has 2 rings (SSSR count). The fraction of sp³-hybridized carbons (Fsp3) is 0.400. The Balaban J connectivity index is 2.28. The molecule has 0 amide bonds. The van der Waals surface area contributed by atoms with Crippen LogP contribution in [0.3, 0.4) is 0 Å². The topological polar surface area (TPSA) is 68.0 Å². The van der Waals surface area contributed by atoms with Gasteiger partial charge in [0.2, 0.25) is 0 Å². The third-order valence-electron chi connectivity index (χ3n) is 3.31. The van der Waals surface area contributed by atoms with Gasteiger partial charge in [0.1, 0.15) is 0 Å². The van der Waals surface area contributed by atoms with E-state index in [4.69, 9.17) is 5.73 Å². The van der Waals surface area contributed by atoms with Crippen molar-refractivity contribution in [2.75, 3.05) is 23.1 Å². The zero-order chi connectivity index (χ0) is 14.7. The van der Waals surface area contributed by atoms with Gasteiger partial charge in [-0.2, -0.15) is 0 Å². The van der Waals surface area contributed by atoms with Crippen LogP contribution in [0.5, 0.6) is 0 Å². The number of benzene rings is 1. The van der Waals surface area contributed by atoms with Gasteiger partial charge >= 0.3 is 0 Å². The molecule has 1 aromatic heterocycles. The minimum Gasteiger partial charge on any atom is -0.398 e. The first-order chi connectivity index (χ1) is 9.47. The van der Waals surface area contributed by atoms with Crippen LogP contribution < -0.4 is 11.1 Å². The predicted molar refractivity (Wildman–Crippen MR) is 87.5 cm³/mol. The van der Waals surface area contributed by atoms with Crippen LogP contribution in [0.1, 0.15) is 19.0 Å². The Morgan fingerprint density at radius 1 is 1.40 bits per heavy atom. The summed E-state index contributed by atoms with van der Waals surface area (Å²) in [5.74, 6) is 0.710. The Bertz CT molecular complexity index is 642. The molecule has 3 N–H and O–H groups in total. The number of hydrogen-bond donors (Lipinski definition) is 2. The fourth-order valence-corrected chi connectivity index (χ4v) is 2.86. The average Bonchev–Trinajstić information content (AvgIpc) is 2.39. The van der Waals surface area contributed by atoms with E-state index in [1.807, 2.05) is 31.3 Å². The molecule has 2 aromatic rings. The largest absolute Gasteiger partial charge is 0.398 e. The van der Waals surface area contributed by atoms with E-state index in [-0.39, 0.29) is 6.04 Å². The molecule has 1 aromatic carbocycles. The first-order valence-corrected chi connectivity index (χ1v) is 8.41. The standard InChI is InChI=1S/C15H21N3OS/c1-10(6-7-20(3)19)18-15-5-4-14(16)13-9-17-11(2)8-12(13)15/h4-5,8-10,18H,6-7,16H2,1-3H3. The molecule has 20 heavy (non-hydrogen) atoms. The summed E-state index contributed by atoms with van der Waals surface area (Å²) in [7, 11) is -0.749. The number of nitrogen functional groups attached to an aromatic ring is 1. The molecule has 0 radical (unpaired) electrons. The highest BCUT2D eigenvalue weighted by molar-refractivity contribution is 7.84. The SMILES string of the molecule is Cc1cc2c(NC(C)CCS(C)=O)ccc(N)c2cn1. The number of aromatic nitrogens is 1. The maximum absolute atomic E-state index is 11.2. The Morgan fingerprint density at radius 3 is 2.85 bits per heavy atom. The number of anilines is 2. The number of aryl methyl sites for hydroxylation is 1. The minimum absolute atomic E-state index is 0.263. The van der Waals surface area contributed by atoms with E-state index in [2.05, 4.69) is 17.2 Å². The average molecular weight is 291 g/mol. The maximum Gasteiger partial charge on any atom is 0.0424 e. The molecule has 0 bridgehead atoms. The zero-order valence-corrected chi connectivity index (χ0v) is 13.0. The van der Waals surface area contributed by atoms with Crippen molar-refractivity contribution in [1.82, 2.24) is 4.98 Å². The van der Waals surface area contributed by atoms with Crippen molar-refractivity contribution in [3.8, 4) is 0 Å². The fourth-order valence-electron chi connectivity index (χ4n) is 2.17. The lowest BCUT2D eigenvalue weighted by Crippen LogP contribution is -2.18. The number of nitrogens with zero attached hydrogens (tertiary/aromatic N) is 1. The Labute approximate surface area is 122 Å². The van der Waals surface area contributed by atoms with Crippen LogP contribution in [0, 0.1) is 6.92 Å². The van der Waals surface area contributed by atoms with Crippen LogP contribution in [0.15, 0.2) is 24.4 Å². The highest BCUT2D eigenvalue weighted by Gasteiger charge is 2.08. The third kappa shape index (κ3) is 3.48. The molecule has 2 atom stereocenters. The van der Waals surface area contributed by atoms with E-state index in [9.17, 15) is 4.21 Å². The second kappa shape index (κ2) is 6.22. The lowest BCUT2D eigenvalue weighted by molar-refractivity contribution is 0.678. The van der Waals surface area contributed by atoms with Crippen molar-refractivity contribution in [3.05, 3.63) is 30.1 Å². The van der Waals surface area contributed by atoms with E-state index in [0.717, 1.165) is 34.3 Å². The van der Waals surface area contributed by atoms with Crippen molar-refractivity contribution >= 4 is 32.9 Å². The monoisotopic (exact) mass is 291 g/mol. The Morgan fingerprint density at radius 2 is 2.15 bits per heavy atom. The van der Waals surface area contributed by atoms with Crippen LogP contribution in [0.4, 0.5) is 11.4 Å². The van der Waals surface area contributed by atoms with Gasteiger partial charge in [-0.15, -0.1) is 0 Å². The summed E-state index contributed by atoms with van der Waals surface area (Å²) in [6, 6.07) is 6.20. The van der Waals surface area contributed by atoms with E-state index in [1.165, 1.54) is 0 Å². The van der Waals surface area contributed by atoms with Crippen LogP contribution in [-0.4, -0.2) is 27.2 Å². The molecule has 0 fully saturated rings. The Hall–Kier alpha value is -1.62. The van der Waals surface area contributed by atoms with Crippen LogP contribution >= 0.6 is 0 Å². The zero-order valence-electron chi connectivity index (χ0n) is 12.1. The van der Waals surface area contributed by atoms with Gasteiger partial charge in [0.15, 0.2) is 0 Å². The van der Waals surface area contributed by atoms with Crippen LogP contribution in [-0.2, 0) is 10.8 Å². The lowest BCUT2D eigenvalue weighted by Gasteiger charge is -2.17. The van der Waals surface area contributed by atoms with Crippen molar-refractivity contribution in [2.45, 2.75) is 26.3 Å². The third-order valence-corrected chi connectivity index (χ3v) is 4.12. The van der Waals surface area contributed by atoms with E-state index < -0.39 is 10.8 Å². The molecule has 4 nitrogen and oxygen atoms in total. The summed E-state index contributed by atoms with van der Waals surface area (Å²) in [5.41, 5.74) is 8.75. The molecule has 2 unspecified atom stereocenters. The molecule has 0 saturated heterocycles. The highest BCUT2D eigenvalue weighted by Crippen LogP contribution is 2.29. The van der Waals surface area contributed by atoms with E-state index in [0.29, 0.717) is 5.75 Å². The quantitative estimate of drug-likeness (QED) is 0.831. The molecule has 108 valence electrons. The molecular weight excluding hydrogens is 270 g/mol. The molecule has 0 aliphatic carbocycles. The van der Waals surface area contributed by atoms with Gasteiger partial charge < -0.3 is 11.1 Å². The Kier molecular flexibility index (Phi) is 4.60. The van der Waals surface area contributed by atoms with Gasteiger partial charge in [-0.05, 0) is 38.5 Å². The van der Waals surface area contributed by atoms with Gasteiger partial charge in [0.25, 0.3) is 0 Å².